The SMILES string of the molecule is O=C(NC1CCCN(Cc2cc(F)cc(F)c2)C1)C1CCC1. The van der Waals surface area contributed by atoms with Gasteiger partial charge in [-0.05, 0) is 49.9 Å². The maximum Gasteiger partial charge on any atom is 0.223 e. The summed E-state index contributed by atoms with van der Waals surface area (Å²) in [5.74, 6) is -0.703. The van der Waals surface area contributed by atoms with Gasteiger partial charge < -0.3 is 5.32 Å². The van der Waals surface area contributed by atoms with Crippen LogP contribution in [0.5, 0.6) is 0 Å². The van der Waals surface area contributed by atoms with E-state index in [2.05, 4.69) is 10.2 Å². The molecule has 0 radical (unpaired) electrons. The van der Waals surface area contributed by atoms with Gasteiger partial charge in [-0.2, -0.15) is 0 Å². The van der Waals surface area contributed by atoms with Crippen molar-refractivity contribution >= 4 is 5.91 Å². The van der Waals surface area contributed by atoms with Gasteiger partial charge in [0.25, 0.3) is 0 Å². The van der Waals surface area contributed by atoms with Crippen LogP contribution >= 0.6 is 0 Å². The fraction of sp³-hybridized carbons (Fsp3) is 0.588. The molecule has 5 heteroatoms. The zero-order chi connectivity index (χ0) is 15.5. The number of piperidine rings is 1. The second-order valence-corrected chi connectivity index (χ2v) is 6.49. The average Bonchev–Trinajstić information content (AvgIpc) is 2.35. The molecule has 0 aromatic heterocycles. The first-order valence-electron chi connectivity index (χ1n) is 8.08. The summed E-state index contributed by atoms with van der Waals surface area (Å²) in [6, 6.07) is 3.79. The lowest BCUT2D eigenvalue weighted by atomic mass is 9.84. The summed E-state index contributed by atoms with van der Waals surface area (Å²) in [6.45, 7) is 2.16. The summed E-state index contributed by atoms with van der Waals surface area (Å²) in [5, 5.41) is 3.13. The van der Waals surface area contributed by atoms with Crippen molar-refractivity contribution in [1.29, 1.82) is 0 Å². The van der Waals surface area contributed by atoms with Crippen molar-refractivity contribution in [2.75, 3.05) is 13.1 Å². The van der Waals surface area contributed by atoms with E-state index in [0.29, 0.717) is 12.1 Å². The van der Waals surface area contributed by atoms with Crippen molar-refractivity contribution < 1.29 is 13.6 Å². The first-order valence-corrected chi connectivity index (χ1v) is 8.08. The van der Waals surface area contributed by atoms with E-state index in [4.69, 9.17) is 0 Å². The molecule has 1 aliphatic carbocycles. The zero-order valence-electron chi connectivity index (χ0n) is 12.7. The number of nitrogens with zero attached hydrogens (tertiary/aromatic N) is 1. The highest BCUT2D eigenvalue weighted by Crippen LogP contribution is 2.26. The molecular weight excluding hydrogens is 286 g/mol. The first-order chi connectivity index (χ1) is 10.6. The Bertz CT molecular complexity index is 525. The Morgan fingerprint density at radius 3 is 2.50 bits per heavy atom. The molecule has 3 nitrogen and oxygen atoms in total. The summed E-state index contributed by atoms with van der Waals surface area (Å²) in [6.07, 6.45) is 5.13. The van der Waals surface area contributed by atoms with Gasteiger partial charge in [-0.3, -0.25) is 9.69 Å². The number of hydrogen-bond donors (Lipinski definition) is 1. The Kier molecular flexibility index (Phi) is 4.71. The Morgan fingerprint density at radius 2 is 1.86 bits per heavy atom. The highest BCUT2D eigenvalue weighted by molar-refractivity contribution is 5.79. The van der Waals surface area contributed by atoms with Gasteiger partial charge in [0.2, 0.25) is 5.91 Å². The third kappa shape index (κ3) is 3.83. The molecule has 1 heterocycles. The van der Waals surface area contributed by atoms with Gasteiger partial charge in [0.1, 0.15) is 11.6 Å². The van der Waals surface area contributed by atoms with Crippen LogP contribution in [-0.2, 0) is 11.3 Å². The van der Waals surface area contributed by atoms with Gasteiger partial charge in [-0.25, -0.2) is 8.78 Å². The van der Waals surface area contributed by atoms with E-state index in [1.165, 1.54) is 12.1 Å². The molecule has 1 aromatic carbocycles. The minimum absolute atomic E-state index is 0.153. The predicted octanol–water partition coefficient (Wildman–Crippen LogP) is 2.85. The van der Waals surface area contributed by atoms with E-state index >= 15 is 0 Å². The highest BCUT2D eigenvalue weighted by Gasteiger charge is 2.28. The number of halogens is 2. The number of likely N-dealkylation sites (tertiary alicyclic amines) is 1. The molecule has 0 spiro atoms. The molecule has 1 saturated heterocycles. The smallest absolute Gasteiger partial charge is 0.223 e. The van der Waals surface area contributed by atoms with Gasteiger partial charge >= 0.3 is 0 Å². The van der Waals surface area contributed by atoms with Crippen LogP contribution in [0.3, 0.4) is 0 Å². The van der Waals surface area contributed by atoms with E-state index in [9.17, 15) is 13.6 Å². The number of rotatable bonds is 4. The van der Waals surface area contributed by atoms with Gasteiger partial charge in [0.05, 0.1) is 0 Å². The van der Waals surface area contributed by atoms with Crippen LogP contribution in [0.4, 0.5) is 8.78 Å². The van der Waals surface area contributed by atoms with Crippen molar-refractivity contribution in [3.63, 3.8) is 0 Å². The number of amides is 1. The molecule has 1 aromatic rings. The Labute approximate surface area is 129 Å². The third-order valence-electron chi connectivity index (χ3n) is 4.66. The molecule has 2 fully saturated rings. The molecule has 1 aliphatic heterocycles. The van der Waals surface area contributed by atoms with E-state index in [-0.39, 0.29) is 17.9 Å². The quantitative estimate of drug-likeness (QED) is 0.927. The molecule has 22 heavy (non-hydrogen) atoms. The van der Waals surface area contributed by atoms with Crippen LogP contribution in [0.25, 0.3) is 0 Å². The summed E-state index contributed by atoms with van der Waals surface area (Å²) >= 11 is 0. The Morgan fingerprint density at radius 1 is 1.14 bits per heavy atom. The molecule has 1 saturated carbocycles. The maximum atomic E-state index is 13.2. The van der Waals surface area contributed by atoms with E-state index in [1.54, 1.807) is 0 Å². The fourth-order valence-corrected chi connectivity index (χ4v) is 3.27. The second kappa shape index (κ2) is 6.73. The molecule has 1 atom stereocenters. The summed E-state index contributed by atoms with van der Waals surface area (Å²) in [5.41, 5.74) is 0.642. The zero-order valence-corrected chi connectivity index (χ0v) is 12.7. The molecule has 2 aliphatic rings. The molecule has 3 rings (SSSR count). The highest BCUT2D eigenvalue weighted by atomic mass is 19.1. The van der Waals surface area contributed by atoms with Crippen LogP contribution in [0.15, 0.2) is 18.2 Å². The number of hydrogen-bond acceptors (Lipinski definition) is 2. The van der Waals surface area contributed by atoms with E-state index in [1.807, 2.05) is 0 Å². The van der Waals surface area contributed by atoms with Crippen LogP contribution < -0.4 is 5.32 Å². The minimum Gasteiger partial charge on any atom is -0.352 e. The van der Waals surface area contributed by atoms with Crippen molar-refractivity contribution in [3.05, 3.63) is 35.4 Å². The molecule has 1 unspecified atom stereocenters. The molecule has 1 amide bonds. The summed E-state index contributed by atoms with van der Waals surface area (Å²) in [4.78, 5) is 14.2. The standard InChI is InChI=1S/C17H22F2N2O/c18-14-7-12(8-15(19)9-14)10-21-6-2-5-16(11-21)20-17(22)13-3-1-4-13/h7-9,13,16H,1-6,10-11H2,(H,20,22). The average molecular weight is 308 g/mol. The number of carbonyl (C=O) groups is 1. The summed E-state index contributed by atoms with van der Waals surface area (Å²) in [7, 11) is 0. The van der Waals surface area contributed by atoms with Crippen molar-refractivity contribution in [1.82, 2.24) is 10.2 Å². The third-order valence-corrected chi connectivity index (χ3v) is 4.66. The number of benzene rings is 1. The molecule has 1 N–H and O–H groups in total. The molecule has 120 valence electrons. The fourth-order valence-electron chi connectivity index (χ4n) is 3.27. The molecular formula is C17H22F2N2O. The lowest BCUT2D eigenvalue weighted by Crippen LogP contribution is -2.49. The van der Waals surface area contributed by atoms with E-state index in [0.717, 1.165) is 51.3 Å². The largest absolute Gasteiger partial charge is 0.352 e. The Balaban J connectivity index is 1.54. The van der Waals surface area contributed by atoms with Gasteiger partial charge in [-0.1, -0.05) is 6.42 Å². The lowest BCUT2D eigenvalue weighted by Gasteiger charge is -2.35. The lowest BCUT2D eigenvalue weighted by molar-refractivity contribution is -0.128. The monoisotopic (exact) mass is 308 g/mol. The van der Waals surface area contributed by atoms with Crippen molar-refractivity contribution in [2.45, 2.75) is 44.7 Å². The minimum atomic E-state index is -0.540. The second-order valence-electron chi connectivity index (χ2n) is 6.49. The van der Waals surface area contributed by atoms with Crippen LogP contribution in [0.2, 0.25) is 0 Å². The van der Waals surface area contributed by atoms with Crippen molar-refractivity contribution in [2.24, 2.45) is 5.92 Å². The number of nitrogens with one attached hydrogen (secondary N) is 1. The van der Waals surface area contributed by atoms with Crippen molar-refractivity contribution in [3.8, 4) is 0 Å². The maximum absolute atomic E-state index is 13.2. The Hall–Kier alpha value is -1.49. The normalized spacial score (nSPS) is 23.1. The van der Waals surface area contributed by atoms with Crippen LogP contribution in [0.1, 0.15) is 37.7 Å². The van der Waals surface area contributed by atoms with Gasteiger partial charge in [0, 0.05) is 31.1 Å². The van der Waals surface area contributed by atoms with Crippen LogP contribution in [0, 0.1) is 17.6 Å². The molecule has 0 bridgehead atoms. The first kappa shape index (κ1) is 15.4. The summed E-state index contributed by atoms with van der Waals surface area (Å²) < 4.78 is 26.5. The van der Waals surface area contributed by atoms with Crippen LogP contribution in [-0.4, -0.2) is 29.9 Å². The number of carbonyl (C=O) groups excluding carboxylic acids is 1. The predicted molar refractivity (Wildman–Crippen MR) is 80.1 cm³/mol. The van der Waals surface area contributed by atoms with Gasteiger partial charge in [-0.15, -0.1) is 0 Å². The van der Waals surface area contributed by atoms with E-state index < -0.39 is 11.6 Å². The topological polar surface area (TPSA) is 32.3 Å². The van der Waals surface area contributed by atoms with Gasteiger partial charge in [0.15, 0.2) is 0 Å².